The number of rotatable bonds is 4. The summed E-state index contributed by atoms with van der Waals surface area (Å²) >= 11 is 6.00. The number of halogens is 1. The van der Waals surface area contributed by atoms with E-state index in [9.17, 15) is 9.59 Å². The SMILES string of the molecule is Cc1cc2oc(=O)c(CC(=O)NCc3cccc(Cl)c3)c(C)c2c2occ(C(C)(C)C)c12. The maximum absolute atomic E-state index is 12.7. The standard InChI is InChI=1S/C26H26ClNO4/c1-14-9-20-23(24-22(14)19(13-31-24)26(3,4)5)15(2)18(25(30)32-20)11-21(29)28-12-16-7-6-8-17(27)10-16/h6-10,13H,11-12H2,1-5H3,(H,28,29). The predicted octanol–water partition coefficient (Wildman–Crippen LogP) is 5.97. The lowest BCUT2D eigenvalue weighted by Crippen LogP contribution is -2.27. The van der Waals surface area contributed by atoms with Crippen LogP contribution in [0.3, 0.4) is 0 Å². The highest BCUT2D eigenvalue weighted by Gasteiger charge is 2.25. The van der Waals surface area contributed by atoms with Crippen molar-refractivity contribution >= 4 is 39.4 Å². The molecule has 0 aliphatic heterocycles. The summed E-state index contributed by atoms with van der Waals surface area (Å²) in [5, 5.41) is 5.21. The summed E-state index contributed by atoms with van der Waals surface area (Å²) in [4.78, 5) is 25.3. The van der Waals surface area contributed by atoms with Crippen LogP contribution in [-0.2, 0) is 23.2 Å². The monoisotopic (exact) mass is 451 g/mol. The van der Waals surface area contributed by atoms with Crippen LogP contribution in [0.5, 0.6) is 0 Å². The number of hydrogen-bond donors (Lipinski definition) is 1. The molecule has 0 saturated carbocycles. The Bertz CT molecular complexity index is 1410. The van der Waals surface area contributed by atoms with Gasteiger partial charge in [0.25, 0.3) is 0 Å². The first-order valence-corrected chi connectivity index (χ1v) is 10.9. The summed E-state index contributed by atoms with van der Waals surface area (Å²) in [7, 11) is 0. The Hall–Kier alpha value is -3.05. The third-order valence-corrected chi connectivity index (χ3v) is 6.04. The van der Waals surface area contributed by atoms with Gasteiger partial charge < -0.3 is 14.2 Å². The molecule has 0 spiro atoms. The van der Waals surface area contributed by atoms with E-state index in [0.717, 1.165) is 27.5 Å². The van der Waals surface area contributed by atoms with Crippen molar-refractivity contribution < 1.29 is 13.6 Å². The van der Waals surface area contributed by atoms with E-state index in [4.69, 9.17) is 20.4 Å². The minimum absolute atomic E-state index is 0.0765. The molecule has 0 radical (unpaired) electrons. The Morgan fingerprint density at radius 1 is 1.12 bits per heavy atom. The molecule has 4 rings (SSSR count). The van der Waals surface area contributed by atoms with Gasteiger partial charge in [0, 0.05) is 22.5 Å². The Labute approximate surface area is 191 Å². The third kappa shape index (κ3) is 4.05. The van der Waals surface area contributed by atoms with Gasteiger partial charge in [0.2, 0.25) is 5.91 Å². The van der Waals surface area contributed by atoms with E-state index in [1.807, 2.05) is 32.0 Å². The van der Waals surface area contributed by atoms with Crippen LogP contribution in [0, 0.1) is 13.8 Å². The number of benzene rings is 2. The molecule has 166 valence electrons. The molecular formula is C26H26ClNO4. The van der Waals surface area contributed by atoms with E-state index in [0.29, 0.717) is 33.9 Å². The maximum atomic E-state index is 12.7. The molecule has 0 aliphatic rings. The van der Waals surface area contributed by atoms with Crippen molar-refractivity contribution in [1.29, 1.82) is 0 Å². The first-order valence-electron chi connectivity index (χ1n) is 10.5. The van der Waals surface area contributed by atoms with E-state index in [1.165, 1.54) is 0 Å². The van der Waals surface area contributed by atoms with Crippen LogP contribution >= 0.6 is 11.6 Å². The predicted molar refractivity (Wildman–Crippen MR) is 127 cm³/mol. The number of hydrogen-bond acceptors (Lipinski definition) is 4. The van der Waals surface area contributed by atoms with Crippen LogP contribution in [0.4, 0.5) is 0 Å². The highest BCUT2D eigenvalue weighted by molar-refractivity contribution is 6.30. The summed E-state index contributed by atoms with van der Waals surface area (Å²) in [5.74, 6) is -0.266. The van der Waals surface area contributed by atoms with Gasteiger partial charge in [0.15, 0.2) is 0 Å². The van der Waals surface area contributed by atoms with Gasteiger partial charge >= 0.3 is 5.63 Å². The Balaban J connectivity index is 1.73. The average Bonchev–Trinajstić information content (AvgIpc) is 3.15. The lowest BCUT2D eigenvalue weighted by atomic mass is 9.85. The summed E-state index contributed by atoms with van der Waals surface area (Å²) < 4.78 is 11.6. The zero-order chi connectivity index (χ0) is 23.2. The minimum Gasteiger partial charge on any atom is -0.463 e. The van der Waals surface area contributed by atoms with Gasteiger partial charge in [0.1, 0.15) is 11.2 Å². The molecule has 0 unspecified atom stereocenters. The zero-order valence-corrected chi connectivity index (χ0v) is 19.6. The molecule has 2 aromatic heterocycles. The van der Waals surface area contributed by atoms with Crippen LogP contribution in [-0.4, -0.2) is 5.91 Å². The summed E-state index contributed by atoms with van der Waals surface area (Å²) in [6.07, 6.45) is 1.70. The van der Waals surface area contributed by atoms with Gasteiger partial charge in [-0.05, 0) is 54.2 Å². The average molecular weight is 452 g/mol. The van der Waals surface area contributed by atoms with Crippen LogP contribution in [0.15, 0.2) is 50.2 Å². The maximum Gasteiger partial charge on any atom is 0.340 e. The Morgan fingerprint density at radius 3 is 2.56 bits per heavy atom. The number of carbonyl (C=O) groups excluding carboxylic acids is 1. The second-order valence-electron chi connectivity index (χ2n) is 9.25. The molecule has 6 heteroatoms. The molecule has 1 N–H and O–H groups in total. The number of aryl methyl sites for hydroxylation is 2. The van der Waals surface area contributed by atoms with Crippen molar-refractivity contribution in [2.75, 3.05) is 0 Å². The first-order chi connectivity index (χ1) is 15.1. The molecule has 0 bridgehead atoms. The van der Waals surface area contributed by atoms with Gasteiger partial charge in [-0.15, -0.1) is 0 Å². The molecule has 2 aromatic carbocycles. The van der Waals surface area contributed by atoms with Crippen molar-refractivity contribution in [1.82, 2.24) is 5.32 Å². The van der Waals surface area contributed by atoms with E-state index in [-0.39, 0.29) is 17.7 Å². The van der Waals surface area contributed by atoms with Crippen molar-refractivity contribution in [3.05, 3.63) is 79.9 Å². The molecule has 0 saturated heterocycles. The van der Waals surface area contributed by atoms with Crippen LogP contribution in [0.1, 0.15) is 48.6 Å². The van der Waals surface area contributed by atoms with Gasteiger partial charge in [0.05, 0.1) is 23.6 Å². The molecule has 2 heterocycles. The fourth-order valence-corrected chi connectivity index (χ4v) is 4.33. The lowest BCUT2D eigenvalue weighted by molar-refractivity contribution is -0.120. The zero-order valence-electron chi connectivity index (χ0n) is 18.9. The van der Waals surface area contributed by atoms with E-state index in [1.54, 1.807) is 18.4 Å². The van der Waals surface area contributed by atoms with Gasteiger partial charge in [-0.2, -0.15) is 0 Å². The number of nitrogens with one attached hydrogen (secondary N) is 1. The van der Waals surface area contributed by atoms with Crippen LogP contribution < -0.4 is 10.9 Å². The number of amides is 1. The molecule has 5 nitrogen and oxygen atoms in total. The highest BCUT2D eigenvalue weighted by atomic mass is 35.5. The Kier molecular flexibility index (Phi) is 5.63. The van der Waals surface area contributed by atoms with Crippen molar-refractivity contribution in [2.45, 2.75) is 53.0 Å². The largest absolute Gasteiger partial charge is 0.463 e. The topological polar surface area (TPSA) is 72.5 Å². The molecule has 1 amide bonds. The summed E-state index contributed by atoms with van der Waals surface area (Å²) in [5.41, 5.74) is 4.55. The fourth-order valence-electron chi connectivity index (χ4n) is 4.11. The fraction of sp³-hybridized carbons (Fsp3) is 0.308. The second-order valence-corrected chi connectivity index (χ2v) is 9.68. The van der Waals surface area contributed by atoms with Crippen molar-refractivity contribution in [3.63, 3.8) is 0 Å². The van der Waals surface area contributed by atoms with Crippen LogP contribution in [0.25, 0.3) is 21.9 Å². The molecule has 0 atom stereocenters. The molecule has 4 aromatic rings. The van der Waals surface area contributed by atoms with Gasteiger partial charge in [-0.1, -0.05) is 44.5 Å². The van der Waals surface area contributed by atoms with E-state index >= 15 is 0 Å². The second kappa shape index (κ2) is 8.14. The number of carbonyl (C=O) groups is 1. The van der Waals surface area contributed by atoms with Crippen molar-refractivity contribution in [3.8, 4) is 0 Å². The lowest BCUT2D eigenvalue weighted by Gasteiger charge is -2.17. The van der Waals surface area contributed by atoms with Gasteiger partial charge in [-0.25, -0.2) is 4.79 Å². The number of fused-ring (bicyclic) bond motifs is 3. The number of furan rings is 1. The molecule has 32 heavy (non-hydrogen) atoms. The molecule has 0 fully saturated rings. The van der Waals surface area contributed by atoms with Crippen molar-refractivity contribution in [2.24, 2.45) is 0 Å². The molecule has 0 aliphatic carbocycles. The minimum atomic E-state index is -0.505. The van der Waals surface area contributed by atoms with Crippen LogP contribution in [0.2, 0.25) is 5.02 Å². The third-order valence-electron chi connectivity index (χ3n) is 5.81. The highest BCUT2D eigenvalue weighted by Crippen LogP contribution is 2.38. The van der Waals surface area contributed by atoms with E-state index in [2.05, 4.69) is 26.1 Å². The molecular weight excluding hydrogens is 426 g/mol. The van der Waals surface area contributed by atoms with E-state index < -0.39 is 5.63 Å². The summed E-state index contributed by atoms with van der Waals surface area (Å²) in [6.45, 7) is 10.6. The normalized spacial score (nSPS) is 11.9. The quantitative estimate of drug-likeness (QED) is 0.388. The Morgan fingerprint density at radius 2 is 1.88 bits per heavy atom. The first kappa shape index (κ1) is 22.2. The summed E-state index contributed by atoms with van der Waals surface area (Å²) in [6, 6.07) is 9.15. The smallest absolute Gasteiger partial charge is 0.340 e. The van der Waals surface area contributed by atoms with Gasteiger partial charge in [-0.3, -0.25) is 4.79 Å².